The molecule has 0 spiro atoms. The molecule has 5 nitrogen and oxygen atoms in total. The summed E-state index contributed by atoms with van der Waals surface area (Å²) in [5.41, 5.74) is 0.548. The van der Waals surface area contributed by atoms with Crippen LogP contribution in [0.5, 0.6) is 17.2 Å². The van der Waals surface area contributed by atoms with E-state index in [2.05, 4.69) is 21.2 Å². The van der Waals surface area contributed by atoms with Gasteiger partial charge in [-0.05, 0) is 56.3 Å². The minimum atomic E-state index is -0.369. The SMILES string of the molecule is COc1ccc2c(c1)C(NC(=O)COc1ccc(Br)cc1)CC(C)(C)O2. The smallest absolute Gasteiger partial charge is 0.258 e. The van der Waals surface area contributed by atoms with E-state index in [9.17, 15) is 4.79 Å². The molecule has 138 valence electrons. The second kappa shape index (κ2) is 7.58. The molecule has 0 fully saturated rings. The molecule has 6 heteroatoms. The summed E-state index contributed by atoms with van der Waals surface area (Å²) >= 11 is 3.37. The van der Waals surface area contributed by atoms with Crippen molar-refractivity contribution in [2.75, 3.05) is 13.7 Å². The Labute approximate surface area is 161 Å². The lowest BCUT2D eigenvalue weighted by molar-refractivity contribution is -0.124. The van der Waals surface area contributed by atoms with Crippen LogP contribution in [0.25, 0.3) is 0 Å². The van der Waals surface area contributed by atoms with Crippen LogP contribution in [-0.4, -0.2) is 25.2 Å². The molecule has 3 rings (SSSR count). The summed E-state index contributed by atoms with van der Waals surface area (Å²) in [6.45, 7) is 3.98. The Morgan fingerprint density at radius 2 is 1.92 bits per heavy atom. The number of ether oxygens (including phenoxy) is 3. The molecular formula is C20H22BrNO4. The fourth-order valence-corrected chi connectivity index (χ4v) is 3.27. The Morgan fingerprint density at radius 1 is 1.23 bits per heavy atom. The van der Waals surface area contributed by atoms with Crippen LogP contribution < -0.4 is 19.5 Å². The lowest BCUT2D eigenvalue weighted by Crippen LogP contribution is -2.42. The lowest BCUT2D eigenvalue weighted by atomic mass is 9.89. The summed E-state index contributed by atoms with van der Waals surface area (Å²) < 4.78 is 17.9. The number of hydrogen-bond acceptors (Lipinski definition) is 4. The van der Waals surface area contributed by atoms with Gasteiger partial charge in [0.05, 0.1) is 13.2 Å². The molecule has 0 aliphatic carbocycles. The van der Waals surface area contributed by atoms with E-state index in [-0.39, 0.29) is 24.2 Å². The van der Waals surface area contributed by atoms with Gasteiger partial charge < -0.3 is 19.5 Å². The van der Waals surface area contributed by atoms with E-state index in [0.29, 0.717) is 12.2 Å². The Balaban J connectivity index is 1.70. The quantitative estimate of drug-likeness (QED) is 0.786. The van der Waals surface area contributed by atoms with Crippen molar-refractivity contribution < 1.29 is 19.0 Å². The first-order valence-corrected chi connectivity index (χ1v) is 9.20. The molecule has 2 aromatic rings. The van der Waals surface area contributed by atoms with Crippen LogP contribution in [0.4, 0.5) is 0 Å². The summed E-state index contributed by atoms with van der Waals surface area (Å²) in [4.78, 5) is 12.4. The number of carbonyl (C=O) groups excluding carboxylic acids is 1. The molecule has 0 saturated carbocycles. The van der Waals surface area contributed by atoms with Gasteiger partial charge in [0.15, 0.2) is 6.61 Å². The number of fused-ring (bicyclic) bond motifs is 1. The Hall–Kier alpha value is -2.21. The third kappa shape index (κ3) is 4.49. The molecule has 0 saturated heterocycles. The van der Waals surface area contributed by atoms with E-state index in [1.165, 1.54) is 0 Å². The molecule has 0 aromatic heterocycles. The van der Waals surface area contributed by atoms with Gasteiger partial charge in [0.1, 0.15) is 22.8 Å². The van der Waals surface area contributed by atoms with E-state index in [0.717, 1.165) is 21.5 Å². The standard InChI is InChI=1S/C20H22BrNO4/c1-20(2)11-17(16-10-15(24-3)8-9-18(16)26-20)22-19(23)12-25-14-6-4-13(21)5-7-14/h4-10,17H,11-12H2,1-3H3,(H,22,23). The molecule has 1 atom stereocenters. The number of rotatable bonds is 5. The fourth-order valence-electron chi connectivity index (χ4n) is 3.00. The number of nitrogens with one attached hydrogen (secondary N) is 1. The average molecular weight is 420 g/mol. The maximum atomic E-state index is 12.4. The van der Waals surface area contributed by atoms with Gasteiger partial charge in [0.25, 0.3) is 5.91 Å². The van der Waals surface area contributed by atoms with E-state index in [4.69, 9.17) is 14.2 Å². The molecule has 1 aliphatic rings. The largest absolute Gasteiger partial charge is 0.497 e. The number of methoxy groups -OCH3 is 1. The van der Waals surface area contributed by atoms with E-state index in [1.807, 2.05) is 56.3 Å². The summed E-state index contributed by atoms with van der Waals surface area (Å²) in [5, 5.41) is 3.05. The molecule has 1 heterocycles. The molecule has 0 bridgehead atoms. The molecule has 1 N–H and O–H groups in total. The van der Waals surface area contributed by atoms with Gasteiger partial charge >= 0.3 is 0 Å². The average Bonchev–Trinajstić information content (AvgIpc) is 2.60. The van der Waals surface area contributed by atoms with Crippen LogP contribution in [0.3, 0.4) is 0 Å². The van der Waals surface area contributed by atoms with Crippen molar-refractivity contribution in [3.63, 3.8) is 0 Å². The number of amides is 1. The van der Waals surface area contributed by atoms with Crippen LogP contribution >= 0.6 is 15.9 Å². The van der Waals surface area contributed by atoms with Gasteiger partial charge in [0, 0.05) is 16.5 Å². The van der Waals surface area contributed by atoms with Gasteiger partial charge in [-0.3, -0.25) is 4.79 Å². The van der Waals surface area contributed by atoms with Gasteiger partial charge in [-0.15, -0.1) is 0 Å². The summed E-state index contributed by atoms with van der Waals surface area (Å²) in [6, 6.07) is 12.9. The van der Waals surface area contributed by atoms with Crippen molar-refractivity contribution in [2.45, 2.75) is 31.9 Å². The van der Waals surface area contributed by atoms with Gasteiger partial charge in [0.2, 0.25) is 0 Å². The monoisotopic (exact) mass is 419 g/mol. The van der Waals surface area contributed by atoms with Crippen molar-refractivity contribution in [3.05, 3.63) is 52.5 Å². The van der Waals surface area contributed by atoms with Crippen molar-refractivity contribution in [3.8, 4) is 17.2 Å². The number of hydrogen-bond donors (Lipinski definition) is 1. The van der Waals surface area contributed by atoms with Crippen LogP contribution in [0.15, 0.2) is 46.9 Å². The topological polar surface area (TPSA) is 56.8 Å². The Bertz CT molecular complexity index is 789. The number of halogens is 1. The zero-order chi connectivity index (χ0) is 18.7. The highest BCUT2D eigenvalue weighted by atomic mass is 79.9. The Morgan fingerprint density at radius 3 is 2.62 bits per heavy atom. The van der Waals surface area contributed by atoms with Gasteiger partial charge in [-0.2, -0.15) is 0 Å². The summed E-state index contributed by atoms with van der Waals surface area (Å²) in [7, 11) is 1.62. The predicted molar refractivity (Wildman–Crippen MR) is 103 cm³/mol. The fraction of sp³-hybridized carbons (Fsp3) is 0.350. The minimum Gasteiger partial charge on any atom is -0.497 e. The lowest BCUT2D eigenvalue weighted by Gasteiger charge is -2.38. The van der Waals surface area contributed by atoms with E-state index in [1.54, 1.807) is 7.11 Å². The van der Waals surface area contributed by atoms with E-state index < -0.39 is 0 Å². The first-order valence-electron chi connectivity index (χ1n) is 8.41. The molecule has 2 aromatic carbocycles. The minimum absolute atomic E-state index is 0.0429. The highest BCUT2D eigenvalue weighted by molar-refractivity contribution is 9.10. The van der Waals surface area contributed by atoms with Crippen molar-refractivity contribution >= 4 is 21.8 Å². The maximum absolute atomic E-state index is 12.4. The summed E-state index contributed by atoms with van der Waals surface area (Å²) in [6.07, 6.45) is 0.664. The van der Waals surface area contributed by atoms with Crippen molar-refractivity contribution in [1.29, 1.82) is 0 Å². The van der Waals surface area contributed by atoms with Crippen molar-refractivity contribution in [1.82, 2.24) is 5.32 Å². The highest BCUT2D eigenvalue weighted by Crippen LogP contribution is 2.41. The summed E-state index contributed by atoms with van der Waals surface area (Å²) in [5.74, 6) is 1.97. The highest BCUT2D eigenvalue weighted by Gasteiger charge is 2.34. The third-order valence-electron chi connectivity index (χ3n) is 4.19. The molecule has 26 heavy (non-hydrogen) atoms. The van der Waals surface area contributed by atoms with Crippen LogP contribution in [0.2, 0.25) is 0 Å². The molecule has 1 amide bonds. The molecule has 0 radical (unpaired) electrons. The van der Waals surface area contributed by atoms with Gasteiger partial charge in [-0.25, -0.2) is 0 Å². The first kappa shape index (κ1) is 18.6. The van der Waals surface area contributed by atoms with Crippen molar-refractivity contribution in [2.24, 2.45) is 0 Å². The van der Waals surface area contributed by atoms with Crippen LogP contribution in [0.1, 0.15) is 31.9 Å². The molecule has 1 aliphatic heterocycles. The zero-order valence-electron chi connectivity index (χ0n) is 15.0. The van der Waals surface area contributed by atoms with Crippen LogP contribution in [0, 0.1) is 0 Å². The number of carbonyl (C=O) groups is 1. The van der Waals surface area contributed by atoms with E-state index >= 15 is 0 Å². The molecular weight excluding hydrogens is 398 g/mol. The van der Waals surface area contributed by atoms with Gasteiger partial charge in [-0.1, -0.05) is 15.9 Å². The number of benzene rings is 2. The van der Waals surface area contributed by atoms with Crippen LogP contribution in [-0.2, 0) is 4.79 Å². The first-order chi connectivity index (χ1) is 12.4. The molecule has 1 unspecified atom stereocenters. The predicted octanol–water partition coefficient (Wildman–Crippen LogP) is 4.26. The third-order valence-corrected chi connectivity index (χ3v) is 4.72. The zero-order valence-corrected chi connectivity index (χ0v) is 16.6. The maximum Gasteiger partial charge on any atom is 0.258 e. The normalized spacial score (nSPS) is 17.6. The second-order valence-corrected chi connectivity index (χ2v) is 7.75. The second-order valence-electron chi connectivity index (χ2n) is 6.83. The Kier molecular flexibility index (Phi) is 5.41.